The van der Waals surface area contributed by atoms with Gasteiger partial charge in [0.25, 0.3) is 0 Å². The molecule has 6 nitrogen and oxygen atoms in total. The van der Waals surface area contributed by atoms with Gasteiger partial charge in [0.1, 0.15) is 0 Å². The van der Waals surface area contributed by atoms with Crippen molar-refractivity contribution in [3.8, 4) is 0 Å². The van der Waals surface area contributed by atoms with Crippen LogP contribution in [-0.4, -0.2) is 61.7 Å². The number of likely N-dealkylation sites (N-methyl/N-ethyl adjacent to an activating group) is 1. The summed E-state index contributed by atoms with van der Waals surface area (Å²) in [5.41, 5.74) is 0. The first-order valence-electron chi connectivity index (χ1n) is 6.95. The van der Waals surface area contributed by atoms with Crippen LogP contribution in [0.2, 0.25) is 0 Å². The highest BCUT2D eigenvalue weighted by atomic mass is 16.4. The van der Waals surface area contributed by atoms with Gasteiger partial charge in [-0.05, 0) is 45.3 Å². The monoisotopic (exact) mass is 271 g/mol. The van der Waals surface area contributed by atoms with E-state index in [1.165, 1.54) is 12.8 Å². The molecule has 0 radical (unpaired) electrons. The number of hydrogen-bond donors (Lipinski definition) is 3. The van der Waals surface area contributed by atoms with Crippen LogP contribution in [0, 0.1) is 5.92 Å². The number of carboxylic acid groups (broad SMARTS) is 1. The van der Waals surface area contributed by atoms with E-state index in [9.17, 15) is 9.59 Å². The maximum atomic E-state index is 11.6. The predicted octanol–water partition coefficient (Wildman–Crippen LogP) is -0.101. The fourth-order valence-electron chi connectivity index (χ4n) is 2.35. The van der Waals surface area contributed by atoms with Gasteiger partial charge < -0.3 is 15.7 Å². The van der Waals surface area contributed by atoms with Crippen LogP contribution in [0.25, 0.3) is 0 Å². The zero-order valence-electron chi connectivity index (χ0n) is 11.7. The molecule has 0 bridgehead atoms. The predicted molar refractivity (Wildman–Crippen MR) is 73.0 cm³/mol. The van der Waals surface area contributed by atoms with Gasteiger partial charge in [-0.25, -0.2) is 0 Å². The molecular weight excluding hydrogens is 246 g/mol. The summed E-state index contributed by atoms with van der Waals surface area (Å²) in [6.07, 6.45) is 3.01. The Labute approximate surface area is 114 Å². The molecule has 0 spiro atoms. The third-order valence-corrected chi connectivity index (χ3v) is 3.27. The largest absolute Gasteiger partial charge is 0.481 e. The average Bonchev–Trinajstić information content (AvgIpc) is 2.35. The maximum Gasteiger partial charge on any atom is 0.303 e. The van der Waals surface area contributed by atoms with Crippen molar-refractivity contribution in [1.29, 1.82) is 0 Å². The summed E-state index contributed by atoms with van der Waals surface area (Å²) in [4.78, 5) is 24.0. The smallest absolute Gasteiger partial charge is 0.303 e. The number of nitrogens with zero attached hydrogens (tertiary/aromatic N) is 1. The van der Waals surface area contributed by atoms with E-state index < -0.39 is 5.97 Å². The van der Waals surface area contributed by atoms with Crippen molar-refractivity contribution >= 4 is 11.9 Å². The van der Waals surface area contributed by atoms with Crippen molar-refractivity contribution in [3.05, 3.63) is 0 Å². The van der Waals surface area contributed by atoms with E-state index >= 15 is 0 Å². The second-order valence-corrected chi connectivity index (χ2v) is 5.26. The molecule has 19 heavy (non-hydrogen) atoms. The van der Waals surface area contributed by atoms with Gasteiger partial charge in [0.05, 0.1) is 6.54 Å². The fraction of sp³-hybridized carbons (Fsp3) is 0.846. The molecule has 1 rings (SSSR count). The first-order chi connectivity index (χ1) is 9.08. The lowest BCUT2D eigenvalue weighted by Gasteiger charge is -2.27. The molecule has 0 saturated carbocycles. The highest BCUT2D eigenvalue weighted by Gasteiger charge is 2.16. The molecular formula is C13H25N3O3. The number of carboxylic acids is 1. The maximum absolute atomic E-state index is 11.6. The van der Waals surface area contributed by atoms with E-state index in [-0.39, 0.29) is 12.3 Å². The van der Waals surface area contributed by atoms with Crippen LogP contribution >= 0.6 is 0 Å². The molecule has 1 fully saturated rings. The number of carbonyl (C=O) groups is 2. The van der Waals surface area contributed by atoms with Crippen molar-refractivity contribution in [3.63, 3.8) is 0 Å². The fourth-order valence-corrected chi connectivity index (χ4v) is 2.35. The van der Waals surface area contributed by atoms with Crippen molar-refractivity contribution in [2.45, 2.75) is 25.7 Å². The molecule has 0 aromatic carbocycles. The quantitative estimate of drug-likeness (QED) is 0.537. The van der Waals surface area contributed by atoms with Crippen LogP contribution in [0.3, 0.4) is 0 Å². The Bertz CT molecular complexity index is 291. The van der Waals surface area contributed by atoms with E-state index in [0.717, 1.165) is 19.6 Å². The van der Waals surface area contributed by atoms with Crippen LogP contribution in [-0.2, 0) is 9.59 Å². The Morgan fingerprint density at radius 2 is 2.26 bits per heavy atom. The van der Waals surface area contributed by atoms with Gasteiger partial charge in [0.2, 0.25) is 5.91 Å². The zero-order chi connectivity index (χ0) is 14.1. The summed E-state index contributed by atoms with van der Waals surface area (Å²) in [5.74, 6) is -0.230. The number of carbonyl (C=O) groups excluding carboxylic acids is 1. The van der Waals surface area contributed by atoms with Gasteiger partial charge in [0.15, 0.2) is 0 Å². The number of aliphatic carboxylic acids is 1. The molecule has 1 atom stereocenters. The minimum atomic E-state index is -0.823. The molecule has 1 aliphatic rings. The van der Waals surface area contributed by atoms with Crippen LogP contribution in [0.1, 0.15) is 25.7 Å². The Morgan fingerprint density at radius 1 is 1.47 bits per heavy atom. The van der Waals surface area contributed by atoms with Gasteiger partial charge in [-0.15, -0.1) is 0 Å². The molecule has 110 valence electrons. The van der Waals surface area contributed by atoms with Crippen molar-refractivity contribution in [2.75, 3.05) is 39.8 Å². The SMILES string of the molecule is CN(CC(=O)NCCCC(=O)O)CC1CCCNC1. The molecule has 1 unspecified atom stereocenters. The Kier molecular flexibility index (Phi) is 7.43. The summed E-state index contributed by atoms with van der Waals surface area (Å²) in [6.45, 7) is 3.87. The average molecular weight is 271 g/mol. The van der Waals surface area contributed by atoms with Crippen molar-refractivity contribution in [2.24, 2.45) is 5.92 Å². The first kappa shape index (κ1) is 15.9. The standard InChI is InChI=1S/C13H25N3O3/c1-16(9-11-4-2-6-14-8-11)10-12(17)15-7-3-5-13(18)19/h11,14H,2-10H2,1H3,(H,15,17)(H,18,19). The summed E-state index contributed by atoms with van der Waals surface area (Å²) >= 11 is 0. The van der Waals surface area contributed by atoms with E-state index in [0.29, 0.717) is 25.4 Å². The highest BCUT2D eigenvalue weighted by molar-refractivity contribution is 5.78. The minimum absolute atomic E-state index is 0.0309. The van der Waals surface area contributed by atoms with E-state index in [1.54, 1.807) is 0 Å². The van der Waals surface area contributed by atoms with E-state index in [4.69, 9.17) is 5.11 Å². The van der Waals surface area contributed by atoms with Gasteiger partial charge in [-0.3, -0.25) is 14.5 Å². The molecule has 1 saturated heterocycles. The van der Waals surface area contributed by atoms with E-state index in [2.05, 4.69) is 10.6 Å². The number of rotatable bonds is 8. The molecule has 3 N–H and O–H groups in total. The van der Waals surface area contributed by atoms with Crippen LogP contribution in [0.5, 0.6) is 0 Å². The number of amides is 1. The summed E-state index contributed by atoms with van der Waals surface area (Å²) < 4.78 is 0. The van der Waals surface area contributed by atoms with Gasteiger partial charge >= 0.3 is 5.97 Å². The highest BCUT2D eigenvalue weighted by Crippen LogP contribution is 2.10. The minimum Gasteiger partial charge on any atom is -0.481 e. The Morgan fingerprint density at radius 3 is 2.89 bits per heavy atom. The third kappa shape index (κ3) is 7.79. The Balaban J connectivity index is 2.07. The second-order valence-electron chi connectivity index (χ2n) is 5.26. The molecule has 6 heteroatoms. The van der Waals surface area contributed by atoms with Gasteiger partial charge in [-0.2, -0.15) is 0 Å². The van der Waals surface area contributed by atoms with Crippen molar-refractivity contribution in [1.82, 2.24) is 15.5 Å². The molecule has 1 heterocycles. The zero-order valence-corrected chi connectivity index (χ0v) is 11.7. The summed E-state index contributed by atoms with van der Waals surface area (Å²) in [6, 6.07) is 0. The van der Waals surface area contributed by atoms with Gasteiger partial charge in [-0.1, -0.05) is 0 Å². The summed E-state index contributed by atoms with van der Waals surface area (Å²) in [5, 5.41) is 14.6. The Hall–Kier alpha value is -1.14. The lowest BCUT2D eigenvalue weighted by molar-refractivity contribution is -0.137. The molecule has 0 aliphatic carbocycles. The van der Waals surface area contributed by atoms with E-state index in [1.807, 2.05) is 11.9 Å². The molecule has 0 aromatic rings. The molecule has 1 aliphatic heterocycles. The van der Waals surface area contributed by atoms with Crippen LogP contribution in [0.15, 0.2) is 0 Å². The van der Waals surface area contributed by atoms with Gasteiger partial charge in [0, 0.05) is 19.5 Å². The molecule has 1 amide bonds. The topological polar surface area (TPSA) is 81.7 Å². The number of nitrogens with one attached hydrogen (secondary N) is 2. The lowest BCUT2D eigenvalue weighted by atomic mass is 9.99. The third-order valence-electron chi connectivity index (χ3n) is 3.27. The van der Waals surface area contributed by atoms with Crippen molar-refractivity contribution < 1.29 is 14.7 Å². The lowest BCUT2D eigenvalue weighted by Crippen LogP contribution is -2.41. The first-order valence-corrected chi connectivity index (χ1v) is 6.95. The van der Waals surface area contributed by atoms with Crippen LogP contribution < -0.4 is 10.6 Å². The second kappa shape index (κ2) is 8.87. The van der Waals surface area contributed by atoms with Crippen LogP contribution in [0.4, 0.5) is 0 Å². The number of piperidine rings is 1. The number of hydrogen-bond acceptors (Lipinski definition) is 4. The molecule has 0 aromatic heterocycles. The summed E-state index contributed by atoms with van der Waals surface area (Å²) in [7, 11) is 1.95. The normalized spacial score (nSPS) is 19.4.